The van der Waals surface area contributed by atoms with Crippen molar-refractivity contribution >= 4 is 49.8 Å². The summed E-state index contributed by atoms with van der Waals surface area (Å²) >= 11 is 2.71. The Morgan fingerprint density at radius 3 is 2.61 bits per heavy atom. The summed E-state index contributed by atoms with van der Waals surface area (Å²) in [7, 11) is -3.89. The Morgan fingerprint density at radius 2 is 1.87 bits per heavy atom. The third kappa shape index (κ3) is 5.72. The molecule has 7 nitrogen and oxygen atoms in total. The summed E-state index contributed by atoms with van der Waals surface area (Å²) < 4.78 is 29.4. The van der Waals surface area contributed by atoms with Gasteiger partial charge >= 0.3 is 0 Å². The summed E-state index contributed by atoms with van der Waals surface area (Å²) in [5.74, 6) is 0.231. The summed E-state index contributed by atoms with van der Waals surface area (Å²) in [5.41, 5.74) is 3.00. The molecular weight excluding hydrogens is 452 g/mol. The van der Waals surface area contributed by atoms with Gasteiger partial charge in [-0.25, -0.2) is 8.42 Å². The SMILES string of the molecule is C=CCSc1nnc(NC(=O)c2ccc(C)c(S(=O)(=O)Nc3cc(C)ccc3C)c2)s1. The molecule has 0 atom stereocenters. The number of aromatic nitrogens is 2. The zero-order chi connectivity index (χ0) is 22.6. The maximum atomic E-state index is 13.0. The second-order valence-corrected chi connectivity index (χ2v) is 10.7. The number of hydrogen-bond acceptors (Lipinski definition) is 7. The number of rotatable bonds is 8. The highest BCUT2D eigenvalue weighted by Crippen LogP contribution is 2.27. The fraction of sp³-hybridized carbons (Fsp3) is 0.190. The van der Waals surface area contributed by atoms with E-state index in [4.69, 9.17) is 0 Å². The van der Waals surface area contributed by atoms with E-state index in [2.05, 4.69) is 26.8 Å². The predicted molar refractivity (Wildman–Crippen MR) is 127 cm³/mol. The molecule has 2 N–H and O–H groups in total. The van der Waals surface area contributed by atoms with Crippen LogP contribution in [-0.2, 0) is 10.0 Å². The molecule has 1 aromatic heterocycles. The first kappa shape index (κ1) is 23.0. The summed E-state index contributed by atoms with van der Waals surface area (Å²) in [6.45, 7) is 9.06. The Kier molecular flexibility index (Phi) is 7.14. The van der Waals surface area contributed by atoms with E-state index in [9.17, 15) is 13.2 Å². The molecule has 0 aliphatic carbocycles. The van der Waals surface area contributed by atoms with Crippen molar-refractivity contribution in [2.75, 3.05) is 15.8 Å². The van der Waals surface area contributed by atoms with Crippen molar-refractivity contribution < 1.29 is 13.2 Å². The lowest BCUT2D eigenvalue weighted by atomic mass is 10.1. The van der Waals surface area contributed by atoms with Gasteiger partial charge in [0.25, 0.3) is 15.9 Å². The number of nitrogens with zero attached hydrogens (tertiary/aromatic N) is 2. The molecule has 0 radical (unpaired) electrons. The summed E-state index contributed by atoms with van der Waals surface area (Å²) in [4.78, 5) is 12.7. The number of anilines is 2. The molecule has 3 rings (SSSR count). The maximum absolute atomic E-state index is 13.0. The van der Waals surface area contributed by atoms with Gasteiger partial charge in [0.2, 0.25) is 5.13 Å². The zero-order valence-corrected chi connectivity index (χ0v) is 19.7. The normalized spacial score (nSPS) is 11.2. The number of amides is 1. The molecule has 31 heavy (non-hydrogen) atoms. The van der Waals surface area contributed by atoms with Gasteiger partial charge in [0.1, 0.15) is 0 Å². The molecule has 0 fully saturated rings. The average Bonchev–Trinajstić information content (AvgIpc) is 3.16. The van der Waals surface area contributed by atoms with E-state index in [1.54, 1.807) is 31.2 Å². The quantitative estimate of drug-likeness (QED) is 0.276. The molecule has 0 unspecified atom stereocenters. The molecule has 1 heterocycles. The molecule has 0 aliphatic heterocycles. The van der Waals surface area contributed by atoms with Gasteiger partial charge in [-0.3, -0.25) is 14.8 Å². The number of nitrogens with one attached hydrogen (secondary N) is 2. The van der Waals surface area contributed by atoms with E-state index < -0.39 is 15.9 Å². The van der Waals surface area contributed by atoms with Gasteiger partial charge in [0.05, 0.1) is 10.6 Å². The number of sulfonamides is 1. The van der Waals surface area contributed by atoms with Gasteiger partial charge in [-0.2, -0.15) is 0 Å². The van der Waals surface area contributed by atoms with Gasteiger partial charge in [-0.1, -0.05) is 47.4 Å². The van der Waals surface area contributed by atoms with Crippen molar-refractivity contribution in [3.05, 3.63) is 71.3 Å². The van der Waals surface area contributed by atoms with Gasteiger partial charge in [0, 0.05) is 11.3 Å². The highest BCUT2D eigenvalue weighted by molar-refractivity contribution is 8.01. The fourth-order valence-electron chi connectivity index (χ4n) is 2.69. The van der Waals surface area contributed by atoms with Crippen LogP contribution in [0.25, 0.3) is 0 Å². The second kappa shape index (κ2) is 9.63. The first-order chi connectivity index (χ1) is 14.7. The number of hydrogen-bond donors (Lipinski definition) is 2. The van der Waals surface area contributed by atoms with Crippen LogP contribution >= 0.6 is 23.1 Å². The van der Waals surface area contributed by atoms with Crippen molar-refractivity contribution in [1.82, 2.24) is 10.2 Å². The highest BCUT2D eigenvalue weighted by atomic mass is 32.2. The van der Waals surface area contributed by atoms with Crippen LogP contribution in [-0.4, -0.2) is 30.3 Å². The van der Waals surface area contributed by atoms with E-state index in [1.807, 2.05) is 26.0 Å². The van der Waals surface area contributed by atoms with Gasteiger partial charge in [-0.15, -0.1) is 16.8 Å². The molecule has 1 amide bonds. The Morgan fingerprint density at radius 1 is 1.13 bits per heavy atom. The Labute approximate surface area is 190 Å². The standard InChI is InChI=1S/C21H22N4O3S3/c1-5-10-29-21-24-23-20(30-21)22-19(26)16-9-8-15(4)18(12-16)31(27,28)25-17-11-13(2)6-7-14(17)3/h5-9,11-12,25H,1,10H2,2-4H3,(H,22,23,26). The number of aryl methyl sites for hydroxylation is 3. The van der Waals surface area contributed by atoms with Gasteiger partial charge in [0.15, 0.2) is 4.34 Å². The van der Waals surface area contributed by atoms with E-state index in [0.717, 1.165) is 11.1 Å². The average molecular weight is 475 g/mol. The van der Waals surface area contributed by atoms with E-state index in [1.165, 1.54) is 29.2 Å². The molecule has 162 valence electrons. The largest absolute Gasteiger partial charge is 0.296 e. The molecule has 2 aromatic carbocycles. The Balaban J connectivity index is 1.83. The number of thioether (sulfide) groups is 1. The third-order valence-electron chi connectivity index (χ3n) is 4.33. The molecule has 0 spiro atoms. The molecule has 0 saturated carbocycles. The topological polar surface area (TPSA) is 101 Å². The van der Waals surface area contributed by atoms with Crippen molar-refractivity contribution in [3.63, 3.8) is 0 Å². The molecule has 10 heteroatoms. The lowest BCUT2D eigenvalue weighted by molar-refractivity contribution is 0.102. The second-order valence-electron chi connectivity index (χ2n) is 6.83. The number of benzene rings is 2. The van der Waals surface area contributed by atoms with Crippen LogP contribution in [0.3, 0.4) is 0 Å². The van der Waals surface area contributed by atoms with Crippen LogP contribution in [0, 0.1) is 20.8 Å². The number of carbonyl (C=O) groups excluding carboxylic acids is 1. The van der Waals surface area contributed by atoms with Crippen LogP contribution < -0.4 is 10.0 Å². The maximum Gasteiger partial charge on any atom is 0.262 e. The van der Waals surface area contributed by atoms with Crippen LogP contribution in [0.1, 0.15) is 27.0 Å². The van der Waals surface area contributed by atoms with Gasteiger partial charge in [-0.05, 0) is 55.7 Å². The van der Waals surface area contributed by atoms with Crippen molar-refractivity contribution in [2.45, 2.75) is 30.0 Å². The summed E-state index contributed by atoms with van der Waals surface area (Å²) in [6.07, 6.45) is 1.75. The smallest absolute Gasteiger partial charge is 0.262 e. The van der Waals surface area contributed by atoms with Crippen LogP contribution in [0.5, 0.6) is 0 Å². The molecular formula is C21H22N4O3S3. The first-order valence-corrected chi connectivity index (χ1v) is 12.6. The molecule has 0 aliphatic rings. The monoisotopic (exact) mass is 474 g/mol. The zero-order valence-electron chi connectivity index (χ0n) is 17.3. The van der Waals surface area contributed by atoms with E-state index in [0.29, 0.717) is 26.5 Å². The predicted octanol–water partition coefficient (Wildman–Crippen LogP) is 4.79. The minimum absolute atomic E-state index is 0.0422. The van der Waals surface area contributed by atoms with Gasteiger partial charge < -0.3 is 0 Å². The Hall–Kier alpha value is -2.69. The van der Waals surface area contributed by atoms with Crippen molar-refractivity contribution in [2.24, 2.45) is 0 Å². The lowest BCUT2D eigenvalue weighted by Gasteiger charge is -2.14. The van der Waals surface area contributed by atoms with Crippen LogP contribution in [0.4, 0.5) is 10.8 Å². The van der Waals surface area contributed by atoms with Crippen LogP contribution in [0.2, 0.25) is 0 Å². The minimum Gasteiger partial charge on any atom is -0.296 e. The van der Waals surface area contributed by atoms with Crippen molar-refractivity contribution in [3.8, 4) is 0 Å². The molecule has 3 aromatic rings. The van der Waals surface area contributed by atoms with E-state index in [-0.39, 0.29) is 10.5 Å². The fourth-order valence-corrected chi connectivity index (χ4v) is 5.60. The van der Waals surface area contributed by atoms with Crippen LogP contribution in [0.15, 0.2) is 58.3 Å². The summed E-state index contributed by atoms with van der Waals surface area (Å²) in [6, 6.07) is 10.1. The molecule has 0 saturated heterocycles. The first-order valence-electron chi connectivity index (χ1n) is 9.29. The number of carbonyl (C=O) groups is 1. The third-order valence-corrected chi connectivity index (χ3v) is 7.80. The highest BCUT2D eigenvalue weighted by Gasteiger charge is 2.21. The molecule has 0 bridgehead atoms. The van der Waals surface area contributed by atoms with E-state index >= 15 is 0 Å². The Bertz CT molecular complexity index is 1240. The van der Waals surface area contributed by atoms with Crippen molar-refractivity contribution in [1.29, 1.82) is 0 Å². The lowest BCUT2D eigenvalue weighted by Crippen LogP contribution is -2.17. The summed E-state index contributed by atoms with van der Waals surface area (Å²) in [5, 5.41) is 11.0. The minimum atomic E-state index is -3.89.